The van der Waals surface area contributed by atoms with Crippen LogP contribution in [0.1, 0.15) is 13.3 Å². The van der Waals surface area contributed by atoms with Gasteiger partial charge in [0.25, 0.3) is 0 Å². The lowest BCUT2D eigenvalue weighted by Gasteiger charge is -1.99. The third kappa shape index (κ3) is 4.37. The number of nitrogens with two attached hydrogens (primary N) is 1. The summed E-state index contributed by atoms with van der Waals surface area (Å²) in [4.78, 5) is 10.5. The van der Waals surface area contributed by atoms with E-state index in [2.05, 4.69) is 20.7 Å². The first-order valence-corrected chi connectivity index (χ1v) is 4.52. The van der Waals surface area contributed by atoms with E-state index in [1.165, 1.54) is 0 Å². The van der Waals surface area contributed by atoms with Crippen LogP contribution < -0.4 is 11.2 Å². The van der Waals surface area contributed by atoms with Crippen LogP contribution in [0.15, 0.2) is 17.2 Å². The average molecular weight is 228 g/mol. The van der Waals surface area contributed by atoms with Gasteiger partial charge in [-0.3, -0.25) is 10.2 Å². The molecule has 1 aromatic heterocycles. The Kier molecular flexibility index (Phi) is 3.99. The highest BCUT2D eigenvalue weighted by Gasteiger charge is 1.98. The number of anilines is 1. The Morgan fingerprint density at radius 3 is 2.87 bits per heavy atom. The maximum atomic E-state index is 10.5. The van der Waals surface area contributed by atoms with Gasteiger partial charge in [-0.25, -0.2) is 0 Å². The van der Waals surface area contributed by atoms with E-state index in [4.69, 9.17) is 17.3 Å². The molecule has 0 bridgehead atoms. The van der Waals surface area contributed by atoms with Gasteiger partial charge in [0.15, 0.2) is 11.0 Å². The Bertz CT molecular complexity index is 375. The number of nitrogens with zero attached hydrogens (tertiary/aromatic N) is 3. The van der Waals surface area contributed by atoms with Gasteiger partial charge in [-0.1, -0.05) is 11.6 Å². The largest absolute Gasteiger partial charge is 0.369 e. The molecule has 0 saturated heterocycles. The Hall–Kier alpha value is -1.69. The number of hydrogen-bond acceptors (Lipinski definition) is 5. The van der Waals surface area contributed by atoms with Gasteiger partial charge >= 0.3 is 0 Å². The molecule has 1 aromatic rings. The van der Waals surface area contributed by atoms with Crippen molar-refractivity contribution in [3.8, 4) is 0 Å². The van der Waals surface area contributed by atoms with Crippen LogP contribution in [0.25, 0.3) is 0 Å². The van der Waals surface area contributed by atoms with E-state index >= 15 is 0 Å². The molecular weight excluding hydrogens is 218 g/mol. The van der Waals surface area contributed by atoms with Crippen LogP contribution in [-0.4, -0.2) is 21.8 Å². The fourth-order valence-electron chi connectivity index (χ4n) is 0.820. The molecule has 80 valence electrons. The average Bonchev–Trinajstić information content (AvgIpc) is 2.16. The number of halogens is 1. The third-order valence-corrected chi connectivity index (χ3v) is 1.62. The second kappa shape index (κ2) is 5.26. The van der Waals surface area contributed by atoms with Gasteiger partial charge < -0.3 is 5.73 Å². The highest BCUT2D eigenvalue weighted by Crippen LogP contribution is 2.05. The first kappa shape index (κ1) is 11.4. The Labute approximate surface area is 91.5 Å². The molecule has 0 aliphatic rings. The predicted molar refractivity (Wildman–Crippen MR) is 57.6 cm³/mol. The molecule has 6 nitrogen and oxygen atoms in total. The number of hydrazone groups is 1. The van der Waals surface area contributed by atoms with Crippen molar-refractivity contribution in [3.05, 3.63) is 17.3 Å². The summed E-state index contributed by atoms with van der Waals surface area (Å²) in [5, 5.41) is 11.5. The van der Waals surface area contributed by atoms with Gasteiger partial charge in [0, 0.05) is 5.71 Å². The van der Waals surface area contributed by atoms with Crippen molar-refractivity contribution >= 4 is 29.0 Å². The molecule has 0 unspecified atom stereocenters. The van der Waals surface area contributed by atoms with Gasteiger partial charge in [-0.2, -0.15) is 5.10 Å². The monoisotopic (exact) mass is 227 g/mol. The third-order valence-electron chi connectivity index (χ3n) is 1.42. The number of aromatic nitrogens is 2. The topological polar surface area (TPSA) is 93.3 Å². The van der Waals surface area contributed by atoms with E-state index in [1.807, 2.05) is 0 Å². The number of nitrogens with one attached hydrogen (secondary N) is 1. The van der Waals surface area contributed by atoms with E-state index in [9.17, 15) is 4.79 Å². The maximum absolute atomic E-state index is 10.5. The van der Waals surface area contributed by atoms with Crippen LogP contribution in [0.2, 0.25) is 5.15 Å². The number of rotatable bonds is 4. The molecule has 1 rings (SSSR count). The Balaban J connectivity index is 2.55. The molecule has 15 heavy (non-hydrogen) atoms. The minimum Gasteiger partial charge on any atom is -0.369 e. The summed E-state index contributed by atoms with van der Waals surface area (Å²) in [7, 11) is 0. The van der Waals surface area contributed by atoms with Crippen LogP contribution in [0, 0.1) is 0 Å². The van der Waals surface area contributed by atoms with Gasteiger partial charge in [0.1, 0.15) is 0 Å². The Morgan fingerprint density at radius 1 is 1.60 bits per heavy atom. The van der Waals surface area contributed by atoms with Crippen LogP contribution in [0.3, 0.4) is 0 Å². The fraction of sp³-hybridized carbons (Fsp3) is 0.250. The summed E-state index contributed by atoms with van der Waals surface area (Å²) in [5.41, 5.74) is 8.18. The van der Waals surface area contributed by atoms with E-state index in [1.54, 1.807) is 19.1 Å². The molecule has 1 heterocycles. The predicted octanol–water partition coefficient (Wildman–Crippen LogP) is 0.793. The number of carbonyl (C=O) groups excluding carboxylic acids is 1. The van der Waals surface area contributed by atoms with E-state index < -0.39 is 5.91 Å². The molecule has 0 fully saturated rings. The number of carbonyl (C=O) groups is 1. The highest BCUT2D eigenvalue weighted by atomic mass is 35.5. The van der Waals surface area contributed by atoms with Crippen molar-refractivity contribution in [1.82, 2.24) is 10.2 Å². The summed E-state index contributed by atoms with van der Waals surface area (Å²) >= 11 is 5.54. The van der Waals surface area contributed by atoms with Crippen molar-refractivity contribution in [2.45, 2.75) is 13.3 Å². The molecule has 3 N–H and O–H groups in total. The normalized spacial score (nSPS) is 11.2. The van der Waals surface area contributed by atoms with Crippen LogP contribution >= 0.6 is 11.6 Å². The summed E-state index contributed by atoms with van der Waals surface area (Å²) in [5.74, 6) is 0.0171. The molecular formula is C8H10ClN5O. The first-order chi connectivity index (χ1) is 7.08. The molecule has 0 saturated carbocycles. The van der Waals surface area contributed by atoms with Crippen molar-refractivity contribution < 1.29 is 4.79 Å². The molecule has 0 aliphatic carbocycles. The molecule has 0 aromatic carbocycles. The summed E-state index contributed by atoms with van der Waals surface area (Å²) in [6.45, 7) is 1.68. The smallest absolute Gasteiger partial charge is 0.223 e. The van der Waals surface area contributed by atoms with Crippen LogP contribution in [0.4, 0.5) is 5.82 Å². The SMILES string of the molecule is C/C(CC(N)=O)=N\Nc1ccc(Cl)nn1. The summed E-state index contributed by atoms with van der Waals surface area (Å²) in [6, 6.07) is 3.20. The van der Waals surface area contributed by atoms with Gasteiger partial charge in [0.05, 0.1) is 6.42 Å². The van der Waals surface area contributed by atoms with Crippen molar-refractivity contribution in [2.24, 2.45) is 10.8 Å². The van der Waals surface area contributed by atoms with Gasteiger partial charge in [-0.15, -0.1) is 10.2 Å². The molecule has 0 radical (unpaired) electrons. The van der Waals surface area contributed by atoms with Crippen molar-refractivity contribution in [1.29, 1.82) is 0 Å². The second-order valence-electron chi connectivity index (χ2n) is 2.84. The molecule has 1 amide bonds. The molecule has 0 aliphatic heterocycles. The second-order valence-corrected chi connectivity index (χ2v) is 3.23. The van der Waals surface area contributed by atoms with Crippen molar-refractivity contribution in [3.63, 3.8) is 0 Å². The zero-order valence-corrected chi connectivity index (χ0v) is 8.82. The number of amides is 1. The van der Waals surface area contributed by atoms with Gasteiger partial charge in [0.2, 0.25) is 5.91 Å². The minimum absolute atomic E-state index is 0.105. The molecule has 0 atom stereocenters. The van der Waals surface area contributed by atoms with E-state index in [0.717, 1.165) is 0 Å². The lowest BCUT2D eigenvalue weighted by Crippen LogP contribution is -2.15. The van der Waals surface area contributed by atoms with Crippen LogP contribution in [0.5, 0.6) is 0 Å². The van der Waals surface area contributed by atoms with Gasteiger partial charge in [-0.05, 0) is 19.1 Å². The summed E-state index contributed by atoms with van der Waals surface area (Å²) < 4.78 is 0. The number of hydrogen-bond donors (Lipinski definition) is 2. The zero-order valence-electron chi connectivity index (χ0n) is 8.07. The zero-order chi connectivity index (χ0) is 11.3. The highest BCUT2D eigenvalue weighted by molar-refractivity contribution is 6.29. The van der Waals surface area contributed by atoms with E-state index in [0.29, 0.717) is 16.7 Å². The summed E-state index contributed by atoms with van der Waals surface area (Å²) in [6.07, 6.45) is 0.105. The molecule has 7 heteroatoms. The lowest BCUT2D eigenvalue weighted by molar-refractivity contribution is -0.116. The standard InChI is InChI=1S/C8H10ClN5O/c1-5(4-7(10)15)11-13-8-3-2-6(9)12-14-8/h2-3H,4H2,1H3,(H2,10,15)(H,13,14)/b11-5+. The van der Waals surface area contributed by atoms with Crippen LogP contribution in [-0.2, 0) is 4.79 Å². The quantitative estimate of drug-likeness (QED) is 0.588. The number of primary amides is 1. The maximum Gasteiger partial charge on any atom is 0.223 e. The molecule has 0 spiro atoms. The van der Waals surface area contributed by atoms with Crippen molar-refractivity contribution in [2.75, 3.05) is 5.43 Å². The first-order valence-electron chi connectivity index (χ1n) is 4.14. The lowest BCUT2D eigenvalue weighted by atomic mass is 10.3. The fourth-order valence-corrected chi connectivity index (χ4v) is 0.921. The minimum atomic E-state index is -0.430. The Morgan fingerprint density at radius 2 is 2.33 bits per heavy atom. The van der Waals surface area contributed by atoms with E-state index in [-0.39, 0.29) is 6.42 Å².